The molecule has 17 nitrogen and oxygen atoms in total. The Bertz CT molecular complexity index is 1910. The summed E-state index contributed by atoms with van der Waals surface area (Å²) < 4.78 is 68.5. The Labute approximate surface area is 607 Å². The summed E-state index contributed by atoms with van der Waals surface area (Å²) in [5.41, 5.74) is 0. The highest BCUT2D eigenvalue weighted by atomic mass is 31.2. The van der Waals surface area contributed by atoms with E-state index in [4.69, 9.17) is 37.0 Å². The Hall–Kier alpha value is -1.94. The van der Waals surface area contributed by atoms with Crippen molar-refractivity contribution in [1.82, 2.24) is 0 Å². The number of ether oxygens (including phenoxy) is 4. The summed E-state index contributed by atoms with van der Waals surface area (Å²) in [7, 11) is -9.91. The van der Waals surface area contributed by atoms with Gasteiger partial charge in [-0.2, -0.15) is 0 Å². The van der Waals surface area contributed by atoms with E-state index in [-0.39, 0.29) is 25.7 Å². The number of hydrogen-bond acceptors (Lipinski definition) is 15. The summed E-state index contributed by atoms with van der Waals surface area (Å²) in [5.74, 6) is -0.432. The van der Waals surface area contributed by atoms with Crippen molar-refractivity contribution in [2.24, 2.45) is 11.8 Å². The minimum atomic E-state index is -4.96. The van der Waals surface area contributed by atoms with Gasteiger partial charge in [0.1, 0.15) is 19.3 Å². The molecule has 0 rings (SSSR count). The van der Waals surface area contributed by atoms with Crippen LogP contribution in [0, 0.1) is 11.8 Å². The van der Waals surface area contributed by atoms with E-state index < -0.39 is 97.5 Å². The summed E-state index contributed by atoms with van der Waals surface area (Å²) >= 11 is 0. The molecule has 0 aliphatic carbocycles. The van der Waals surface area contributed by atoms with Gasteiger partial charge in [-0.05, 0) is 37.5 Å². The number of carbonyl (C=O) groups is 4. The van der Waals surface area contributed by atoms with E-state index in [9.17, 15) is 43.2 Å². The van der Waals surface area contributed by atoms with Crippen LogP contribution < -0.4 is 0 Å². The SMILES string of the molecule is CCCCCCCCCCCCCC(=O)O[C@H](COC(=O)CCCCCCCCC)COP(=O)(O)OC[C@H](O)COP(=O)(O)OC[C@@H](COC(=O)CCCCCCCCCCCCCCCCCCC(C)C)OC(=O)CCCCCCCCCCCCCCCCCCCCC(C)CC. The molecule has 588 valence electrons. The van der Waals surface area contributed by atoms with Crippen molar-refractivity contribution >= 4 is 39.5 Å². The zero-order valence-electron chi connectivity index (χ0n) is 64.8. The van der Waals surface area contributed by atoms with E-state index in [2.05, 4.69) is 41.5 Å². The van der Waals surface area contributed by atoms with Gasteiger partial charge in [-0.1, -0.05) is 369 Å². The van der Waals surface area contributed by atoms with Crippen molar-refractivity contribution in [2.45, 2.75) is 439 Å². The predicted molar refractivity (Wildman–Crippen MR) is 405 cm³/mol. The molecule has 0 fully saturated rings. The largest absolute Gasteiger partial charge is 0.472 e. The van der Waals surface area contributed by atoms with Gasteiger partial charge >= 0.3 is 39.5 Å². The van der Waals surface area contributed by atoms with Gasteiger partial charge in [0.15, 0.2) is 12.2 Å². The molecular weight excluding hydrogens is 1290 g/mol. The van der Waals surface area contributed by atoms with Crippen LogP contribution in [-0.2, 0) is 65.4 Å². The van der Waals surface area contributed by atoms with Crippen LogP contribution >= 0.6 is 15.6 Å². The Balaban J connectivity index is 5.15. The lowest BCUT2D eigenvalue weighted by Crippen LogP contribution is -2.30. The number of phosphoric ester groups is 2. The Morgan fingerprint density at radius 2 is 0.515 bits per heavy atom. The zero-order valence-corrected chi connectivity index (χ0v) is 66.6. The van der Waals surface area contributed by atoms with E-state index in [1.54, 1.807) is 0 Å². The van der Waals surface area contributed by atoms with E-state index in [1.165, 1.54) is 225 Å². The molecule has 0 amide bonds. The molecule has 0 heterocycles. The topological polar surface area (TPSA) is 237 Å². The first kappa shape index (κ1) is 97.1. The third-order valence-corrected chi connectivity index (χ3v) is 21.0. The molecule has 0 radical (unpaired) electrons. The zero-order chi connectivity index (χ0) is 72.8. The standard InChI is InChI=1S/C80H156O17P2/c1-7-10-12-14-16-17-32-40-46-52-58-64-79(84)96-75(68-90-77(82)62-56-50-42-15-13-11-8-2)70-94-98(86,87)92-66-74(81)67-93-99(88,89)95-71-76(69-91-78(83)63-57-51-45-39-35-30-26-23-22-24-28-33-37-43-48-54-60-72(4)5)97-80(85)65-59-53-47-41-36-31-27-21-19-18-20-25-29-34-38-44-49-55-61-73(6)9-3/h72-76,81H,7-71H2,1-6H3,(H,86,87)(H,88,89)/t73?,74-,75+,76+/m0/s1. The van der Waals surface area contributed by atoms with Crippen LogP contribution in [-0.4, -0.2) is 96.7 Å². The molecule has 0 aliphatic heterocycles. The van der Waals surface area contributed by atoms with Crippen molar-refractivity contribution in [1.29, 1.82) is 0 Å². The number of esters is 4. The fourth-order valence-electron chi connectivity index (χ4n) is 12.3. The van der Waals surface area contributed by atoms with E-state index in [1.807, 2.05) is 0 Å². The summed E-state index contributed by atoms with van der Waals surface area (Å²) in [6.07, 6.45) is 61.2. The summed E-state index contributed by atoms with van der Waals surface area (Å²) in [6.45, 7) is 9.67. The molecular formula is C80H156O17P2. The first-order valence-electron chi connectivity index (χ1n) is 41.5. The average Bonchev–Trinajstić information content (AvgIpc) is 1.01. The van der Waals surface area contributed by atoms with Crippen LogP contribution in [0.1, 0.15) is 420 Å². The number of aliphatic hydroxyl groups excluding tert-OH is 1. The van der Waals surface area contributed by atoms with Crippen LogP contribution in [0.25, 0.3) is 0 Å². The summed E-state index contributed by atoms with van der Waals surface area (Å²) in [4.78, 5) is 72.8. The highest BCUT2D eigenvalue weighted by Crippen LogP contribution is 2.45. The molecule has 3 unspecified atom stereocenters. The normalized spacial score (nSPS) is 14.2. The van der Waals surface area contributed by atoms with Crippen LogP contribution in [0.4, 0.5) is 0 Å². The number of rotatable bonds is 79. The fraction of sp³-hybridized carbons (Fsp3) is 0.950. The van der Waals surface area contributed by atoms with Gasteiger partial charge in [0.25, 0.3) is 0 Å². The smallest absolute Gasteiger partial charge is 0.462 e. The van der Waals surface area contributed by atoms with Gasteiger partial charge in [-0.3, -0.25) is 37.3 Å². The second-order valence-electron chi connectivity index (χ2n) is 29.5. The first-order valence-corrected chi connectivity index (χ1v) is 44.5. The van der Waals surface area contributed by atoms with E-state index >= 15 is 0 Å². The Kier molecular flexibility index (Phi) is 70.3. The average molecular weight is 1450 g/mol. The molecule has 99 heavy (non-hydrogen) atoms. The second kappa shape index (κ2) is 71.7. The minimum Gasteiger partial charge on any atom is -0.462 e. The third-order valence-electron chi connectivity index (χ3n) is 19.1. The number of unbranched alkanes of at least 4 members (excludes halogenated alkanes) is 48. The van der Waals surface area contributed by atoms with E-state index in [0.717, 1.165) is 115 Å². The van der Waals surface area contributed by atoms with Crippen LogP contribution in [0.5, 0.6) is 0 Å². The molecule has 0 saturated heterocycles. The second-order valence-corrected chi connectivity index (χ2v) is 32.4. The minimum absolute atomic E-state index is 0.107. The van der Waals surface area contributed by atoms with Gasteiger partial charge in [0.05, 0.1) is 26.4 Å². The Morgan fingerprint density at radius 1 is 0.293 bits per heavy atom. The van der Waals surface area contributed by atoms with Crippen LogP contribution in [0.2, 0.25) is 0 Å². The van der Waals surface area contributed by atoms with Gasteiger partial charge in [-0.25, -0.2) is 9.13 Å². The lowest BCUT2D eigenvalue weighted by atomic mass is 9.99. The van der Waals surface area contributed by atoms with Gasteiger partial charge in [0, 0.05) is 25.7 Å². The van der Waals surface area contributed by atoms with Crippen molar-refractivity contribution < 1.29 is 80.2 Å². The molecule has 0 aromatic carbocycles. The number of carbonyl (C=O) groups excluding carboxylic acids is 4. The maximum atomic E-state index is 13.1. The maximum Gasteiger partial charge on any atom is 0.472 e. The molecule has 0 bridgehead atoms. The van der Waals surface area contributed by atoms with Crippen molar-refractivity contribution in [3.63, 3.8) is 0 Å². The Morgan fingerprint density at radius 3 is 0.768 bits per heavy atom. The number of hydrogen-bond donors (Lipinski definition) is 3. The highest BCUT2D eigenvalue weighted by Gasteiger charge is 2.30. The first-order chi connectivity index (χ1) is 47.9. The van der Waals surface area contributed by atoms with Crippen molar-refractivity contribution in [3.05, 3.63) is 0 Å². The molecule has 0 aromatic rings. The molecule has 0 spiro atoms. The molecule has 6 atom stereocenters. The summed E-state index contributed by atoms with van der Waals surface area (Å²) in [6, 6.07) is 0. The van der Waals surface area contributed by atoms with Crippen LogP contribution in [0.3, 0.4) is 0 Å². The molecule has 0 aromatic heterocycles. The monoisotopic (exact) mass is 1450 g/mol. The van der Waals surface area contributed by atoms with Crippen LogP contribution in [0.15, 0.2) is 0 Å². The summed E-state index contributed by atoms with van der Waals surface area (Å²) in [5, 5.41) is 10.6. The van der Waals surface area contributed by atoms with Gasteiger partial charge < -0.3 is 33.8 Å². The molecule has 0 saturated carbocycles. The third kappa shape index (κ3) is 72.8. The quantitative estimate of drug-likeness (QED) is 0.0222. The fourth-order valence-corrected chi connectivity index (χ4v) is 13.9. The maximum absolute atomic E-state index is 13.1. The predicted octanol–water partition coefficient (Wildman–Crippen LogP) is 23.9. The highest BCUT2D eigenvalue weighted by molar-refractivity contribution is 7.47. The number of aliphatic hydroxyl groups is 1. The van der Waals surface area contributed by atoms with Gasteiger partial charge in [0.2, 0.25) is 0 Å². The lowest BCUT2D eigenvalue weighted by molar-refractivity contribution is -0.161. The molecule has 0 aliphatic rings. The van der Waals surface area contributed by atoms with Crippen molar-refractivity contribution in [2.75, 3.05) is 39.6 Å². The number of phosphoric acid groups is 2. The lowest BCUT2D eigenvalue weighted by Gasteiger charge is -2.21. The molecule has 19 heteroatoms. The van der Waals surface area contributed by atoms with Gasteiger partial charge in [-0.15, -0.1) is 0 Å². The van der Waals surface area contributed by atoms with Crippen molar-refractivity contribution in [3.8, 4) is 0 Å². The molecule has 3 N–H and O–H groups in total. The van der Waals surface area contributed by atoms with E-state index in [0.29, 0.717) is 25.7 Å².